The Labute approximate surface area is 82.1 Å². The van der Waals surface area contributed by atoms with E-state index < -0.39 is 0 Å². The van der Waals surface area contributed by atoms with E-state index in [4.69, 9.17) is 5.11 Å². The van der Waals surface area contributed by atoms with Gasteiger partial charge in [-0.3, -0.25) is 0 Å². The number of rotatable bonds is 7. The standard InChI is InChI=1S/C10H24N2O/c1-5-12(6-9(2)3)7-10(8-13)11-4/h9-11,13H,5-8H2,1-4H3. The second-order valence-corrected chi connectivity index (χ2v) is 3.91. The number of nitrogens with zero attached hydrogens (tertiary/aromatic N) is 1. The zero-order valence-corrected chi connectivity index (χ0v) is 9.38. The molecule has 0 aliphatic heterocycles. The molecule has 0 radical (unpaired) electrons. The van der Waals surface area contributed by atoms with Crippen molar-refractivity contribution in [3.8, 4) is 0 Å². The van der Waals surface area contributed by atoms with E-state index in [0.717, 1.165) is 19.6 Å². The van der Waals surface area contributed by atoms with Gasteiger partial charge in [-0.15, -0.1) is 0 Å². The molecule has 0 aliphatic carbocycles. The van der Waals surface area contributed by atoms with Crippen molar-refractivity contribution >= 4 is 0 Å². The molecule has 0 amide bonds. The van der Waals surface area contributed by atoms with Gasteiger partial charge in [0.1, 0.15) is 0 Å². The summed E-state index contributed by atoms with van der Waals surface area (Å²) in [6.45, 7) is 9.90. The summed E-state index contributed by atoms with van der Waals surface area (Å²) in [5.74, 6) is 0.691. The van der Waals surface area contributed by atoms with E-state index in [0.29, 0.717) is 5.92 Å². The predicted octanol–water partition coefficient (Wildman–Crippen LogP) is 0.545. The summed E-state index contributed by atoms with van der Waals surface area (Å²) in [7, 11) is 1.89. The molecular weight excluding hydrogens is 164 g/mol. The van der Waals surface area contributed by atoms with Gasteiger partial charge in [-0.1, -0.05) is 20.8 Å². The molecule has 1 atom stereocenters. The highest BCUT2D eigenvalue weighted by Crippen LogP contribution is 1.99. The average Bonchev–Trinajstić information content (AvgIpc) is 2.11. The summed E-state index contributed by atoms with van der Waals surface area (Å²) >= 11 is 0. The molecule has 0 bridgehead atoms. The minimum absolute atomic E-state index is 0.207. The molecule has 2 N–H and O–H groups in total. The number of hydrogen-bond acceptors (Lipinski definition) is 3. The van der Waals surface area contributed by atoms with E-state index >= 15 is 0 Å². The van der Waals surface area contributed by atoms with Crippen LogP contribution in [0.15, 0.2) is 0 Å². The molecule has 3 nitrogen and oxygen atoms in total. The van der Waals surface area contributed by atoms with Crippen LogP contribution in [0.4, 0.5) is 0 Å². The van der Waals surface area contributed by atoms with E-state index in [1.165, 1.54) is 0 Å². The molecule has 0 heterocycles. The smallest absolute Gasteiger partial charge is 0.0597 e. The van der Waals surface area contributed by atoms with Gasteiger partial charge in [-0.25, -0.2) is 0 Å². The summed E-state index contributed by atoms with van der Waals surface area (Å²) < 4.78 is 0. The largest absolute Gasteiger partial charge is 0.395 e. The fourth-order valence-corrected chi connectivity index (χ4v) is 1.40. The summed E-state index contributed by atoms with van der Waals surface area (Å²) in [5.41, 5.74) is 0. The van der Waals surface area contributed by atoms with Crippen molar-refractivity contribution in [3.05, 3.63) is 0 Å². The topological polar surface area (TPSA) is 35.5 Å². The van der Waals surface area contributed by atoms with E-state index in [1.54, 1.807) is 0 Å². The first-order chi connectivity index (χ1) is 6.13. The van der Waals surface area contributed by atoms with Crippen molar-refractivity contribution in [1.29, 1.82) is 0 Å². The lowest BCUT2D eigenvalue weighted by atomic mass is 10.2. The first kappa shape index (κ1) is 12.9. The van der Waals surface area contributed by atoms with Gasteiger partial charge in [0.25, 0.3) is 0 Å². The first-order valence-electron chi connectivity index (χ1n) is 5.14. The fourth-order valence-electron chi connectivity index (χ4n) is 1.40. The van der Waals surface area contributed by atoms with Crippen LogP contribution in [-0.2, 0) is 0 Å². The Kier molecular flexibility index (Phi) is 7.23. The fraction of sp³-hybridized carbons (Fsp3) is 1.00. The normalized spacial score (nSPS) is 14.1. The van der Waals surface area contributed by atoms with Crippen LogP contribution in [0.3, 0.4) is 0 Å². The number of aliphatic hydroxyl groups is 1. The van der Waals surface area contributed by atoms with E-state index in [9.17, 15) is 0 Å². The molecule has 0 aromatic rings. The lowest BCUT2D eigenvalue weighted by molar-refractivity contribution is 0.180. The quantitative estimate of drug-likeness (QED) is 0.612. The van der Waals surface area contributed by atoms with E-state index in [1.807, 2.05) is 7.05 Å². The maximum absolute atomic E-state index is 9.02. The second kappa shape index (κ2) is 7.30. The van der Waals surface area contributed by atoms with E-state index in [2.05, 4.69) is 31.0 Å². The van der Waals surface area contributed by atoms with Crippen LogP contribution >= 0.6 is 0 Å². The maximum atomic E-state index is 9.02. The second-order valence-electron chi connectivity index (χ2n) is 3.91. The summed E-state index contributed by atoms with van der Waals surface area (Å²) in [6.07, 6.45) is 0. The number of aliphatic hydroxyl groups excluding tert-OH is 1. The average molecular weight is 188 g/mol. The molecule has 0 aromatic carbocycles. The Morgan fingerprint density at radius 2 is 1.92 bits per heavy atom. The first-order valence-corrected chi connectivity index (χ1v) is 5.14. The van der Waals surface area contributed by atoms with Crippen LogP contribution in [0, 0.1) is 5.92 Å². The highest BCUT2D eigenvalue weighted by molar-refractivity contribution is 4.69. The molecule has 0 fully saturated rings. The molecular formula is C10H24N2O. The van der Waals surface area contributed by atoms with Gasteiger partial charge in [0, 0.05) is 19.1 Å². The van der Waals surface area contributed by atoms with Crippen molar-refractivity contribution in [2.45, 2.75) is 26.8 Å². The van der Waals surface area contributed by atoms with Crippen molar-refractivity contribution in [1.82, 2.24) is 10.2 Å². The third kappa shape index (κ3) is 6.02. The van der Waals surface area contributed by atoms with Gasteiger partial charge in [0.2, 0.25) is 0 Å². The maximum Gasteiger partial charge on any atom is 0.0597 e. The highest BCUT2D eigenvalue weighted by Gasteiger charge is 2.10. The molecule has 0 saturated heterocycles. The van der Waals surface area contributed by atoms with Crippen LogP contribution < -0.4 is 5.32 Å². The lowest BCUT2D eigenvalue weighted by Crippen LogP contribution is -2.42. The van der Waals surface area contributed by atoms with Crippen LogP contribution in [0.25, 0.3) is 0 Å². The van der Waals surface area contributed by atoms with Crippen molar-refractivity contribution in [3.63, 3.8) is 0 Å². The van der Waals surface area contributed by atoms with Gasteiger partial charge < -0.3 is 15.3 Å². The molecule has 0 rings (SSSR count). The van der Waals surface area contributed by atoms with Crippen LogP contribution in [0.1, 0.15) is 20.8 Å². The van der Waals surface area contributed by atoms with Crippen LogP contribution in [0.5, 0.6) is 0 Å². The Hall–Kier alpha value is -0.120. The van der Waals surface area contributed by atoms with Gasteiger partial charge in [0.05, 0.1) is 6.61 Å². The Morgan fingerprint density at radius 3 is 2.23 bits per heavy atom. The minimum atomic E-state index is 0.207. The third-order valence-electron chi connectivity index (χ3n) is 2.18. The predicted molar refractivity (Wildman–Crippen MR) is 56.9 cm³/mol. The molecule has 3 heteroatoms. The highest BCUT2D eigenvalue weighted by atomic mass is 16.3. The minimum Gasteiger partial charge on any atom is -0.395 e. The Bertz CT molecular complexity index is 113. The Morgan fingerprint density at radius 1 is 1.31 bits per heavy atom. The van der Waals surface area contributed by atoms with Gasteiger partial charge in [-0.2, -0.15) is 0 Å². The lowest BCUT2D eigenvalue weighted by Gasteiger charge is -2.26. The number of nitrogens with one attached hydrogen (secondary N) is 1. The van der Waals surface area contributed by atoms with Gasteiger partial charge in [-0.05, 0) is 19.5 Å². The van der Waals surface area contributed by atoms with Crippen LogP contribution in [0.2, 0.25) is 0 Å². The molecule has 0 aliphatic rings. The zero-order chi connectivity index (χ0) is 10.3. The molecule has 13 heavy (non-hydrogen) atoms. The monoisotopic (exact) mass is 188 g/mol. The van der Waals surface area contributed by atoms with E-state index in [-0.39, 0.29) is 12.6 Å². The van der Waals surface area contributed by atoms with Gasteiger partial charge in [0.15, 0.2) is 0 Å². The molecule has 1 unspecified atom stereocenters. The summed E-state index contributed by atoms with van der Waals surface area (Å²) in [5, 5.41) is 12.1. The van der Waals surface area contributed by atoms with Crippen molar-refractivity contribution < 1.29 is 5.11 Å². The molecule has 80 valence electrons. The third-order valence-corrected chi connectivity index (χ3v) is 2.18. The summed E-state index contributed by atoms with van der Waals surface area (Å²) in [6, 6.07) is 0.207. The molecule has 0 saturated carbocycles. The number of likely N-dealkylation sites (N-methyl/N-ethyl adjacent to an activating group) is 2. The summed E-state index contributed by atoms with van der Waals surface area (Å²) in [4.78, 5) is 2.36. The number of hydrogen-bond donors (Lipinski definition) is 2. The SMILES string of the molecule is CCN(CC(C)C)CC(CO)NC. The Balaban J connectivity index is 3.80. The van der Waals surface area contributed by atoms with Crippen LogP contribution in [-0.4, -0.2) is 49.3 Å². The molecule has 0 aromatic heterocycles. The van der Waals surface area contributed by atoms with Gasteiger partial charge >= 0.3 is 0 Å². The zero-order valence-electron chi connectivity index (χ0n) is 9.38. The molecule has 0 spiro atoms. The van der Waals surface area contributed by atoms with Crippen molar-refractivity contribution in [2.24, 2.45) is 5.92 Å². The van der Waals surface area contributed by atoms with Crippen molar-refractivity contribution in [2.75, 3.05) is 33.3 Å².